The third-order valence-corrected chi connectivity index (χ3v) is 4.91. The number of amides is 1. The number of carbonyl (C=O) groups is 1. The van der Waals surface area contributed by atoms with Crippen LogP contribution in [0, 0.1) is 0 Å². The van der Waals surface area contributed by atoms with Crippen molar-refractivity contribution in [2.24, 2.45) is 0 Å². The Kier molecular flexibility index (Phi) is 6.21. The lowest BCUT2D eigenvalue weighted by molar-refractivity contribution is 0.101. The Morgan fingerprint density at radius 3 is 2.16 bits per heavy atom. The van der Waals surface area contributed by atoms with Crippen LogP contribution >= 0.6 is 23.2 Å². The molecule has 31 heavy (non-hydrogen) atoms. The minimum atomic E-state index is -0.424. The van der Waals surface area contributed by atoms with E-state index in [0.29, 0.717) is 28.2 Å². The zero-order valence-electron chi connectivity index (χ0n) is 16.5. The van der Waals surface area contributed by atoms with Crippen molar-refractivity contribution in [2.75, 3.05) is 11.9 Å². The maximum atomic E-state index is 12.8. The second-order valence-electron chi connectivity index (χ2n) is 6.57. The standard InChI is InChI=1S/C23H18Cl2N4O2/c1-2-31-20-13-9-18(10-14-20)26-23(30)21-27-22(15-3-5-16(24)6-4-15)29(28-21)19-11-7-17(25)8-12-19/h3-14H,2H2,1H3,(H,26,30). The second kappa shape index (κ2) is 9.20. The van der Waals surface area contributed by atoms with Crippen LogP contribution in [0.15, 0.2) is 72.8 Å². The van der Waals surface area contributed by atoms with E-state index in [1.54, 1.807) is 53.2 Å². The van der Waals surface area contributed by atoms with Gasteiger partial charge in [0.1, 0.15) is 5.75 Å². The van der Waals surface area contributed by atoms with E-state index in [1.807, 2.05) is 31.2 Å². The van der Waals surface area contributed by atoms with Gasteiger partial charge in [-0.05, 0) is 79.7 Å². The largest absolute Gasteiger partial charge is 0.494 e. The van der Waals surface area contributed by atoms with Gasteiger partial charge in [0.25, 0.3) is 5.91 Å². The lowest BCUT2D eigenvalue weighted by atomic mass is 10.2. The third kappa shape index (κ3) is 4.87. The molecule has 0 aliphatic rings. The molecule has 0 saturated carbocycles. The highest BCUT2D eigenvalue weighted by molar-refractivity contribution is 6.30. The van der Waals surface area contributed by atoms with Crippen molar-refractivity contribution in [1.82, 2.24) is 14.8 Å². The van der Waals surface area contributed by atoms with Gasteiger partial charge in [-0.2, -0.15) is 0 Å². The van der Waals surface area contributed by atoms with Crippen molar-refractivity contribution in [2.45, 2.75) is 6.92 Å². The summed E-state index contributed by atoms with van der Waals surface area (Å²) >= 11 is 12.0. The summed E-state index contributed by atoms with van der Waals surface area (Å²) in [5.41, 5.74) is 2.11. The van der Waals surface area contributed by atoms with E-state index in [-0.39, 0.29) is 5.82 Å². The Morgan fingerprint density at radius 1 is 0.935 bits per heavy atom. The number of nitrogens with one attached hydrogen (secondary N) is 1. The molecule has 4 aromatic rings. The van der Waals surface area contributed by atoms with Crippen LogP contribution in [-0.4, -0.2) is 27.3 Å². The molecule has 0 saturated heterocycles. The van der Waals surface area contributed by atoms with Gasteiger partial charge >= 0.3 is 0 Å². The number of benzene rings is 3. The van der Waals surface area contributed by atoms with Crippen molar-refractivity contribution in [3.8, 4) is 22.8 Å². The Bertz CT molecular complexity index is 1120. The Labute approximate surface area is 189 Å². The molecule has 6 nitrogen and oxygen atoms in total. The first-order chi connectivity index (χ1) is 15.0. The summed E-state index contributed by atoms with van der Waals surface area (Å²) in [6.45, 7) is 2.49. The van der Waals surface area contributed by atoms with E-state index < -0.39 is 5.91 Å². The highest BCUT2D eigenvalue weighted by Gasteiger charge is 2.19. The monoisotopic (exact) mass is 452 g/mol. The number of halogens is 2. The van der Waals surface area contributed by atoms with Crippen LogP contribution < -0.4 is 10.1 Å². The topological polar surface area (TPSA) is 69.0 Å². The molecular formula is C23H18Cl2N4O2. The van der Waals surface area contributed by atoms with Crippen molar-refractivity contribution < 1.29 is 9.53 Å². The first kappa shape index (κ1) is 20.9. The lowest BCUT2D eigenvalue weighted by Gasteiger charge is -2.06. The van der Waals surface area contributed by atoms with Crippen molar-refractivity contribution in [1.29, 1.82) is 0 Å². The van der Waals surface area contributed by atoms with Crippen LogP contribution in [0.1, 0.15) is 17.5 Å². The molecule has 3 aromatic carbocycles. The van der Waals surface area contributed by atoms with Gasteiger partial charge in [0, 0.05) is 21.3 Å². The number of hydrogen-bond donors (Lipinski definition) is 1. The number of anilines is 1. The average Bonchev–Trinajstić information content (AvgIpc) is 3.22. The SMILES string of the molecule is CCOc1ccc(NC(=O)c2nc(-c3ccc(Cl)cc3)n(-c3ccc(Cl)cc3)n2)cc1. The normalized spacial score (nSPS) is 10.7. The number of aromatic nitrogens is 3. The fourth-order valence-corrected chi connectivity index (χ4v) is 3.20. The van der Waals surface area contributed by atoms with Gasteiger partial charge in [-0.15, -0.1) is 5.10 Å². The van der Waals surface area contributed by atoms with Gasteiger partial charge in [0.15, 0.2) is 5.82 Å². The van der Waals surface area contributed by atoms with E-state index in [1.165, 1.54) is 0 Å². The molecule has 1 amide bonds. The third-order valence-electron chi connectivity index (χ3n) is 4.41. The summed E-state index contributed by atoms with van der Waals surface area (Å²) in [7, 11) is 0. The predicted molar refractivity (Wildman–Crippen MR) is 122 cm³/mol. The molecule has 0 aliphatic carbocycles. The maximum Gasteiger partial charge on any atom is 0.295 e. The van der Waals surface area contributed by atoms with Gasteiger partial charge in [-0.3, -0.25) is 4.79 Å². The molecule has 0 spiro atoms. The van der Waals surface area contributed by atoms with E-state index in [2.05, 4.69) is 15.4 Å². The summed E-state index contributed by atoms with van der Waals surface area (Å²) < 4.78 is 7.03. The molecule has 0 unspecified atom stereocenters. The summed E-state index contributed by atoms with van der Waals surface area (Å²) in [5, 5.41) is 8.47. The minimum absolute atomic E-state index is 0.0359. The van der Waals surface area contributed by atoms with Crippen molar-refractivity contribution >= 4 is 34.8 Å². The van der Waals surface area contributed by atoms with Crippen LogP contribution in [0.2, 0.25) is 10.0 Å². The lowest BCUT2D eigenvalue weighted by Crippen LogP contribution is -2.14. The molecule has 0 atom stereocenters. The van der Waals surface area contributed by atoms with E-state index in [0.717, 1.165) is 17.0 Å². The molecule has 1 aromatic heterocycles. The molecule has 1 N–H and O–H groups in total. The highest BCUT2D eigenvalue weighted by Crippen LogP contribution is 2.24. The molecule has 8 heteroatoms. The summed E-state index contributed by atoms with van der Waals surface area (Å²) in [6.07, 6.45) is 0. The molecular weight excluding hydrogens is 435 g/mol. The molecule has 1 heterocycles. The quantitative estimate of drug-likeness (QED) is 0.395. The molecule has 0 aliphatic heterocycles. The van der Waals surface area contributed by atoms with Gasteiger partial charge in [0.2, 0.25) is 5.82 Å². The predicted octanol–water partition coefficient (Wildman–Crippen LogP) is 5.89. The van der Waals surface area contributed by atoms with E-state index in [9.17, 15) is 4.79 Å². The van der Waals surface area contributed by atoms with Gasteiger partial charge in [0.05, 0.1) is 12.3 Å². The fraction of sp³-hybridized carbons (Fsp3) is 0.0870. The van der Waals surface area contributed by atoms with Crippen LogP contribution in [-0.2, 0) is 0 Å². The molecule has 156 valence electrons. The van der Waals surface area contributed by atoms with Crippen LogP contribution in [0.25, 0.3) is 17.1 Å². The van der Waals surface area contributed by atoms with E-state index >= 15 is 0 Å². The number of rotatable bonds is 6. The zero-order chi connectivity index (χ0) is 21.8. The molecule has 0 radical (unpaired) electrons. The summed E-state index contributed by atoms with van der Waals surface area (Å²) in [5.74, 6) is 0.854. The number of carbonyl (C=O) groups excluding carboxylic acids is 1. The summed E-state index contributed by atoms with van der Waals surface area (Å²) in [6, 6.07) is 21.4. The molecule has 4 rings (SSSR count). The van der Waals surface area contributed by atoms with Crippen LogP contribution in [0.3, 0.4) is 0 Å². The average molecular weight is 453 g/mol. The first-order valence-corrected chi connectivity index (χ1v) is 10.3. The Hall–Kier alpha value is -3.35. The molecule has 0 bridgehead atoms. The van der Waals surface area contributed by atoms with E-state index in [4.69, 9.17) is 27.9 Å². The summed E-state index contributed by atoms with van der Waals surface area (Å²) in [4.78, 5) is 17.3. The van der Waals surface area contributed by atoms with Crippen molar-refractivity contribution in [3.05, 3.63) is 88.7 Å². The van der Waals surface area contributed by atoms with Gasteiger partial charge in [-0.1, -0.05) is 23.2 Å². The zero-order valence-corrected chi connectivity index (χ0v) is 18.1. The number of nitrogens with zero attached hydrogens (tertiary/aromatic N) is 3. The number of hydrogen-bond acceptors (Lipinski definition) is 4. The fourth-order valence-electron chi connectivity index (χ4n) is 2.94. The Morgan fingerprint density at radius 2 is 1.55 bits per heavy atom. The van der Waals surface area contributed by atoms with Gasteiger partial charge < -0.3 is 10.1 Å². The minimum Gasteiger partial charge on any atom is -0.494 e. The second-order valence-corrected chi connectivity index (χ2v) is 7.44. The number of ether oxygens (including phenoxy) is 1. The van der Waals surface area contributed by atoms with Crippen LogP contribution in [0.4, 0.5) is 5.69 Å². The van der Waals surface area contributed by atoms with Crippen LogP contribution in [0.5, 0.6) is 5.75 Å². The first-order valence-electron chi connectivity index (χ1n) is 9.56. The highest BCUT2D eigenvalue weighted by atomic mass is 35.5. The molecule has 0 fully saturated rings. The maximum absolute atomic E-state index is 12.8. The van der Waals surface area contributed by atoms with Gasteiger partial charge in [-0.25, -0.2) is 9.67 Å². The Balaban J connectivity index is 1.67. The van der Waals surface area contributed by atoms with Crippen molar-refractivity contribution in [3.63, 3.8) is 0 Å². The smallest absolute Gasteiger partial charge is 0.295 e.